The summed E-state index contributed by atoms with van der Waals surface area (Å²) in [6.45, 7) is 1.40. The number of aliphatic hydroxyl groups is 1. The van der Waals surface area contributed by atoms with Gasteiger partial charge in [0.15, 0.2) is 0 Å². The topological polar surface area (TPSA) is 242 Å². The molecule has 14 heteroatoms. The Morgan fingerprint density at radius 3 is 2.15 bits per heavy atom. The van der Waals surface area contributed by atoms with Gasteiger partial charge in [-0.1, -0.05) is 0 Å². The van der Waals surface area contributed by atoms with E-state index in [0.717, 1.165) is 4.90 Å². The molecule has 5 unspecified atom stereocenters. The summed E-state index contributed by atoms with van der Waals surface area (Å²) in [4.78, 5) is 72.5. The Balaban J connectivity index is 2.97. The maximum absolute atomic E-state index is 13.1. The number of hydrogen-bond donors (Lipinski definition) is 7. The lowest BCUT2D eigenvalue weighted by molar-refractivity contribution is -0.145. The number of hydrogen-bond acceptors (Lipinski definition) is 8. The molecule has 186 valence electrons. The lowest BCUT2D eigenvalue weighted by Gasteiger charge is -2.30. The predicted molar refractivity (Wildman–Crippen MR) is 111 cm³/mol. The number of aliphatic carboxylic acids is 2. The van der Waals surface area contributed by atoms with E-state index in [2.05, 4.69) is 10.6 Å². The minimum atomic E-state index is -1.39. The molecule has 0 aromatic rings. The van der Waals surface area contributed by atoms with Crippen LogP contribution < -0.4 is 22.1 Å². The van der Waals surface area contributed by atoms with Crippen molar-refractivity contribution in [1.29, 1.82) is 0 Å². The average Bonchev–Trinajstić information content (AvgIpc) is 3.22. The summed E-state index contributed by atoms with van der Waals surface area (Å²) < 4.78 is 0. The Morgan fingerprint density at radius 1 is 1.03 bits per heavy atom. The highest BCUT2D eigenvalue weighted by molar-refractivity contribution is 5.94. The molecule has 0 aliphatic carbocycles. The number of rotatable bonds is 13. The maximum Gasteiger partial charge on any atom is 0.326 e. The van der Waals surface area contributed by atoms with Crippen LogP contribution in [0.15, 0.2) is 0 Å². The van der Waals surface area contributed by atoms with Crippen LogP contribution in [0.3, 0.4) is 0 Å². The van der Waals surface area contributed by atoms with E-state index in [-0.39, 0.29) is 32.2 Å². The van der Waals surface area contributed by atoms with Crippen molar-refractivity contribution in [2.75, 3.05) is 6.54 Å². The first kappa shape index (κ1) is 27.8. The lowest BCUT2D eigenvalue weighted by atomic mass is 10.1. The van der Waals surface area contributed by atoms with E-state index in [1.54, 1.807) is 0 Å². The van der Waals surface area contributed by atoms with Crippen LogP contribution in [-0.2, 0) is 28.8 Å². The molecule has 0 radical (unpaired) electrons. The summed E-state index contributed by atoms with van der Waals surface area (Å²) in [5.41, 5.74) is 10.6. The van der Waals surface area contributed by atoms with E-state index in [1.165, 1.54) is 6.92 Å². The predicted octanol–water partition coefficient (Wildman–Crippen LogP) is -3.13. The van der Waals surface area contributed by atoms with E-state index >= 15 is 0 Å². The van der Waals surface area contributed by atoms with E-state index < -0.39 is 72.3 Å². The Hall–Kier alpha value is -3.26. The molecular weight excluding hydrogens is 442 g/mol. The molecule has 9 N–H and O–H groups in total. The molecule has 1 fully saturated rings. The molecule has 0 aromatic carbocycles. The van der Waals surface area contributed by atoms with Crippen molar-refractivity contribution in [2.24, 2.45) is 11.5 Å². The summed E-state index contributed by atoms with van der Waals surface area (Å²) >= 11 is 0. The minimum Gasteiger partial charge on any atom is -0.481 e. The number of aliphatic hydroxyl groups excluding tert-OH is 1. The fraction of sp³-hybridized carbons (Fsp3) is 0.684. The van der Waals surface area contributed by atoms with Crippen LogP contribution in [-0.4, -0.2) is 92.6 Å². The number of likely N-dealkylation sites (tertiary alicyclic amines) is 1. The van der Waals surface area contributed by atoms with Crippen molar-refractivity contribution in [3.8, 4) is 0 Å². The molecule has 1 rings (SSSR count). The Labute approximate surface area is 189 Å². The summed E-state index contributed by atoms with van der Waals surface area (Å²) in [6.07, 6.45) is -1.84. The largest absolute Gasteiger partial charge is 0.481 e. The van der Waals surface area contributed by atoms with Gasteiger partial charge in [0, 0.05) is 19.4 Å². The second-order valence-corrected chi connectivity index (χ2v) is 7.85. The number of carboxylic acid groups (broad SMARTS) is 2. The third-order valence-corrected chi connectivity index (χ3v) is 5.22. The van der Waals surface area contributed by atoms with Crippen LogP contribution in [0.5, 0.6) is 0 Å². The molecule has 1 heterocycles. The van der Waals surface area contributed by atoms with Gasteiger partial charge in [-0.05, 0) is 32.6 Å². The van der Waals surface area contributed by atoms with Crippen molar-refractivity contribution >= 4 is 35.6 Å². The molecule has 33 heavy (non-hydrogen) atoms. The van der Waals surface area contributed by atoms with E-state index in [9.17, 15) is 39.0 Å². The number of carbonyl (C=O) groups is 6. The molecule has 5 atom stereocenters. The van der Waals surface area contributed by atoms with Gasteiger partial charge in [-0.25, -0.2) is 4.79 Å². The molecule has 0 bridgehead atoms. The number of carbonyl (C=O) groups excluding carboxylic acids is 4. The Bertz CT molecular complexity index is 773. The fourth-order valence-corrected chi connectivity index (χ4v) is 3.33. The number of nitrogens with zero attached hydrogens (tertiary/aromatic N) is 1. The zero-order valence-electron chi connectivity index (χ0n) is 18.2. The van der Waals surface area contributed by atoms with Gasteiger partial charge in [-0.15, -0.1) is 0 Å². The molecule has 1 saturated heterocycles. The van der Waals surface area contributed by atoms with Crippen LogP contribution in [0.4, 0.5) is 0 Å². The Kier molecular flexibility index (Phi) is 10.7. The normalized spacial score (nSPS) is 19.1. The first-order chi connectivity index (χ1) is 15.3. The number of nitrogens with one attached hydrogen (secondary N) is 2. The fourth-order valence-electron chi connectivity index (χ4n) is 3.33. The van der Waals surface area contributed by atoms with Crippen LogP contribution in [0, 0.1) is 0 Å². The molecular formula is C19H31N5O9. The van der Waals surface area contributed by atoms with Gasteiger partial charge in [0.25, 0.3) is 0 Å². The van der Waals surface area contributed by atoms with Crippen molar-refractivity contribution in [2.45, 2.75) is 75.7 Å². The lowest BCUT2D eigenvalue weighted by Crippen LogP contribution is -2.58. The SMILES string of the molecule is CC(O)C(N)C(=O)NC(CCC(=O)O)C(=O)N1CCCC1C(=O)NC(CCC(N)=O)C(=O)O. The molecule has 1 aliphatic heterocycles. The van der Waals surface area contributed by atoms with Crippen molar-refractivity contribution < 1.29 is 44.1 Å². The zero-order chi connectivity index (χ0) is 25.3. The second-order valence-electron chi connectivity index (χ2n) is 7.85. The first-order valence-corrected chi connectivity index (χ1v) is 10.4. The van der Waals surface area contributed by atoms with Crippen LogP contribution in [0.2, 0.25) is 0 Å². The summed E-state index contributed by atoms with van der Waals surface area (Å²) in [5.74, 6) is -5.69. The number of nitrogens with two attached hydrogens (primary N) is 2. The van der Waals surface area contributed by atoms with Crippen LogP contribution >= 0.6 is 0 Å². The van der Waals surface area contributed by atoms with Gasteiger partial charge in [-0.3, -0.25) is 24.0 Å². The summed E-state index contributed by atoms with van der Waals surface area (Å²) in [6, 6.07) is -5.13. The van der Waals surface area contributed by atoms with Gasteiger partial charge in [0.2, 0.25) is 23.6 Å². The minimum absolute atomic E-state index is 0.123. The second kappa shape index (κ2) is 12.7. The van der Waals surface area contributed by atoms with E-state index in [1.807, 2.05) is 0 Å². The van der Waals surface area contributed by atoms with E-state index in [4.69, 9.17) is 16.6 Å². The highest BCUT2D eigenvalue weighted by Gasteiger charge is 2.39. The van der Waals surface area contributed by atoms with Crippen molar-refractivity contribution in [1.82, 2.24) is 15.5 Å². The highest BCUT2D eigenvalue weighted by Crippen LogP contribution is 2.20. The average molecular weight is 473 g/mol. The van der Waals surface area contributed by atoms with Crippen LogP contribution in [0.25, 0.3) is 0 Å². The monoisotopic (exact) mass is 473 g/mol. The van der Waals surface area contributed by atoms with Gasteiger partial charge in [0.1, 0.15) is 24.2 Å². The number of carboxylic acids is 2. The zero-order valence-corrected chi connectivity index (χ0v) is 18.2. The first-order valence-electron chi connectivity index (χ1n) is 10.4. The molecule has 0 saturated carbocycles. The highest BCUT2D eigenvalue weighted by atomic mass is 16.4. The third-order valence-electron chi connectivity index (χ3n) is 5.22. The molecule has 1 aliphatic rings. The van der Waals surface area contributed by atoms with Gasteiger partial charge in [0.05, 0.1) is 6.10 Å². The molecule has 4 amide bonds. The van der Waals surface area contributed by atoms with Crippen LogP contribution in [0.1, 0.15) is 45.4 Å². The quantitative estimate of drug-likeness (QED) is 0.142. The smallest absolute Gasteiger partial charge is 0.326 e. The third kappa shape index (κ3) is 8.65. The van der Waals surface area contributed by atoms with Gasteiger partial charge >= 0.3 is 11.9 Å². The van der Waals surface area contributed by atoms with Crippen molar-refractivity contribution in [3.63, 3.8) is 0 Å². The maximum atomic E-state index is 13.1. The number of primary amides is 1. The van der Waals surface area contributed by atoms with Crippen molar-refractivity contribution in [3.05, 3.63) is 0 Å². The molecule has 0 aromatic heterocycles. The Morgan fingerprint density at radius 2 is 1.64 bits per heavy atom. The van der Waals surface area contributed by atoms with E-state index in [0.29, 0.717) is 6.42 Å². The molecule has 14 nitrogen and oxygen atoms in total. The summed E-state index contributed by atoms with van der Waals surface area (Å²) in [5, 5.41) is 32.3. The number of amides is 4. The summed E-state index contributed by atoms with van der Waals surface area (Å²) in [7, 11) is 0. The standard InChI is InChI=1S/C19H31N5O9/c1-9(25)15(21)17(30)22-10(5-7-14(27)28)18(31)24-8-2-3-12(24)16(29)23-11(19(32)33)4-6-13(20)26/h9-12,15,25H,2-8,21H2,1H3,(H2,20,26)(H,22,30)(H,23,29)(H,27,28)(H,32,33). The molecule has 0 spiro atoms. The van der Waals surface area contributed by atoms with Gasteiger partial charge < -0.3 is 42.3 Å². The van der Waals surface area contributed by atoms with Gasteiger partial charge in [-0.2, -0.15) is 0 Å².